The molecule has 1 aromatic heterocycles. The van der Waals surface area contributed by atoms with Crippen molar-refractivity contribution in [1.29, 1.82) is 0 Å². The molecule has 1 heterocycles. The lowest BCUT2D eigenvalue weighted by atomic mass is 10.3. The van der Waals surface area contributed by atoms with Crippen molar-refractivity contribution >= 4 is 11.8 Å². The molecule has 2 aromatic rings. The number of aromatic nitrogens is 3. The molecule has 0 radical (unpaired) electrons. The van der Waals surface area contributed by atoms with E-state index < -0.39 is 5.97 Å². The Hall–Kier alpha value is -2.61. The van der Waals surface area contributed by atoms with E-state index >= 15 is 0 Å². The van der Waals surface area contributed by atoms with Crippen LogP contribution in [0.15, 0.2) is 24.3 Å². The Morgan fingerprint density at radius 1 is 1.26 bits per heavy atom. The number of benzene rings is 1. The number of carboxylic acid groups (broad SMARTS) is 1. The minimum absolute atomic E-state index is 0.0944. The van der Waals surface area contributed by atoms with Crippen LogP contribution in [0.4, 0.5) is 5.82 Å². The quantitative estimate of drug-likeness (QED) is 0.753. The molecular weight excluding hydrogens is 300 g/mol. The minimum atomic E-state index is -1.16. The molecule has 0 unspecified atom stereocenters. The van der Waals surface area contributed by atoms with E-state index in [0.29, 0.717) is 25.4 Å². The van der Waals surface area contributed by atoms with Gasteiger partial charge in [-0.3, -0.25) is 0 Å². The minimum Gasteiger partial charge on any atom is -0.494 e. The molecule has 8 heteroatoms. The number of likely N-dealkylation sites (N-methyl/N-ethyl adjacent to an activating group) is 1. The summed E-state index contributed by atoms with van der Waals surface area (Å²) in [5.74, 6) is -0.200. The summed E-state index contributed by atoms with van der Waals surface area (Å²) in [6.07, 6.45) is 0. The van der Waals surface area contributed by atoms with Crippen molar-refractivity contribution in [3.8, 4) is 11.4 Å². The van der Waals surface area contributed by atoms with Crippen LogP contribution in [0, 0.1) is 0 Å². The van der Waals surface area contributed by atoms with Crippen molar-refractivity contribution < 1.29 is 19.7 Å². The normalized spacial score (nSPS) is 10.6. The molecule has 0 fully saturated rings. The van der Waals surface area contributed by atoms with E-state index in [1.165, 1.54) is 4.80 Å². The molecule has 2 N–H and O–H groups in total. The van der Waals surface area contributed by atoms with Gasteiger partial charge in [-0.05, 0) is 38.1 Å². The van der Waals surface area contributed by atoms with Gasteiger partial charge in [-0.2, -0.15) is 0 Å². The van der Waals surface area contributed by atoms with Crippen molar-refractivity contribution in [3.63, 3.8) is 0 Å². The summed E-state index contributed by atoms with van der Waals surface area (Å²) >= 11 is 0. The molecule has 1 aromatic carbocycles. The predicted molar refractivity (Wildman–Crippen MR) is 84.5 cm³/mol. The Kier molecular flexibility index (Phi) is 5.53. The molecule has 0 aliphatic carbocycles. The summed E-state index contributed by atoms with van der Waals surface area (Å²) in [7, 11) is 0. The Bertz CT molecular complexity index is 654. The first-order valence-corrected chi connectivity index (χ1v) is 7.40. The Labute approximate surface area is 133 Å². The van der Waals surface area contributed by atoms with Gasteiger partial charge in [0.25, 0.3) is 0 Å². The number of hydrogen-bond acceptors (Lipinski definition) is 6. The van der Waals surface area contributed by atoms with Crippen molar-refractivity contribution in [1.82, 2.24) is 15.0 Å². The highest BCUT2D eigenvalue weighted by Crippen LogP contribution is 2.19. The smallest absolute Gasteiger partial charge is 0.360 e. The van der Waals surface area contributed by atoms with E-state index in [-0.39, 0.29) is 18.1 Å². The largest absolute Gasteiger partial charge is 0.494 e. The number of aromatic carboxylic acids is 1. The zero-order chi connectivity index (χ0) is 16.8. The molecule has 0 aliphatic rings. The van der Waals surface area contributed by atoms with E-state index in [0.717, 1.165) is 5.75 Å². The zero-order valence-electron chi connectivity index (χ0n) is 13.1. The first-order valence-electron chi connectivity index (χ1n) is 7.40. The molecule has 0 spiro atoms. The zero-order valence-corrected chi connectivity index (χ0v) is 13.1. The van der Waals surface area contributed by atoms with Crippen molar-refractivity contribution in [2.45, 2.75) is 13.8 Å². The summed E-state index contributed by atoms with van der Waals surface area (Å²) in [5.41, 5.74) is 0.483. The highest BCUT2D eigenvalue weighted by atomic mass is 16.5. The van der Waals surface area contributed by atoms with Gasteiger partial charge >= 0.3 is 5.97 Å². The van der Waals surface area contributed by atoms with Gasteiger partial charge in [0.05, 0.1) is 18.9 Å². The number of anilines is 1. The van der Waals surface area contributed by atoms with E-state index in [2.05, 4.69) is 10.2 Å². The Morgan fingerprint density at radius 3 is 2.48 bits per heavy atom. The maximum Gasteiger partial charge on any atom is 0.360 e. The van der Waals surface area contributed by atoms with Gasteiger partial charge in [-0.15, -0.1) is 15.0 Å². The van der Waals surface area contributed by atoms with Crippen LogP contribution < -0.4 is 9.64 Å². The van der Waals surface area contributed by atoms with E-state index in [9.17, 15) is 9.90 Å². The van der Waals surface area contributed by atoms with Gasteiger partial charge in [0, 0.05) is 13.1 Å². The highest BCUT2D eigenvalue weighted by Gasteiger charge is 2.22. The monoisotopic (exact) mass is 320 g/mol. The number of carbonyl (C=O) groups is 1. The molecule has 0 bridgehead atoms. The van der Waals surface area contributed by atoms with Crippen LogP contribution in [0.1, 0.15) is 24.3 Å². The van der Waals surface area contributed by atoms with Gasteiger partial charge in [0.15, 0.2) is 5.82 Å². The average molecular weight is 320 g/mol. The third-order valence-electron chi connectivity index (χ3n) is 3.23. The molecule has 124 valence electrons. The van der Waals surface area contributed by atoms with Crippen LogP contribution in [0.3, 0.4) is 0 Å². The molecule has 0 saturated carbocycles. The van der Waals surface area contributed by atoms with E-state index in [1.54, 1.807) is 29.2 Å². The summed E-state index contributed by atoms with van der Waals surface area (Å²) in [4.78, 5) is 14.3. The third kappa shape index (κ3) is 3.78. The summed E-state index contributed by atoms with van der Waals surface area (Å²) in [6, 6.07) is 7.05. The lowest BCUT2D eigenvalue weighted by molar-refractivity contribution is 0.0690. The average Bonchev–Trinajstić information content (AvgIpc) is 2.99. The van der Waals surface area contributed by atoms with Gasteiger partial charge in [0.2, 0.25) is 5.69 Å². The fourth-order valence-corrected chi connectivity index (χ4v) is 2.14. The van der Waals surface area contributed by atoms with Crippen LogP contribution in [0.25, 0.3) is 5.69 Å². The number of hydrogen-bond donors (Lipinski definition) is 2. The van der Waals surface area contributed by atoms with Gasteiger partial charge < -0.3 is 19.8 Å². The predicted octanol–water partition coefficient (Wildman–Crippen LogP) is 1.18. The number of carboxylic acids is 1. The topological polar surface area (TPSA) is 101 Å². The maximum atomic E-state index is 11.4. The SMILES string of the molecule is CCOc1ccc(-n2nc(C(=O)O)c(N(CC)CCO)n2)cc1. The molecule has 2 rings (SSSR count). The van der Waals surface area contributed by atoms with Crippen molar-refractivity contribution in [2.24, 2.45) is 0 Å². The standard InChI is InChI=1S/C15H20N4O4/c1-3-18(9-10-20)14-13(15(21)22)16-19(17-14)11-5-7-12(8-6-11)23-4-2/h5-8,20H,3-4,9-10H2,1-2H3,(H,21,22). The third-order valence-corrected chi connectivity index (χ3v) is 3.23. The van der Waals surface area contributed by atoms with Crippen LogP contribution in [-0.4, -0.2) is 57.5 Å². The number of aliphatic hydroxyl groups is 1. The summed E-state index contributed by atoms with van der Waals surface area (Å²) < 4.78 is 5.37. The molecule has 0 atom stereocenters. The maximum absolute atomic E-state index is 11.4. The Morgan fingerprint density at radius 2 is 1.96 bits per heavy atom. The van der Waals surface area contributed by atoms with E-state index in [1.807, 2.05) is 13.8 Å². The first kappa shape index (κ1) is 16.8. The second kappa shape index (κ2) is 7.59. The second-order valence-electron chi connectivity index (χ2n) is 4.70. The van der Waals surface area contributed by atoms with Gasteiger partial charge in [0.1, 0.15) is 5.75 Å². The van der Waals surface area contributed by atoms with Crippen LogP contribution >= 0.6 is 0 Å². The summed E-state index contributed by atoms with van der Waals surface area (Å²) in [6.45, 7) is 5.04. The highest BCUT2D eigenvalue weighted by molar-refractivity contribution is 5.91. The van der Waals surface area contributed by atoms with Gasteiger partial charge in [-0.25, -0.2) is 4.79 Å². The fraction of sp³-hybridized carbons (Fsp3) is 0.400. The number of ether oxygens (including phenoxy) is 1. The molecule has 23 heavy (non-hydrogen) atoms. The fourth-order valence-electron chi connectivity index (χ4n) is 2.14. The Balaban J connectivity index is 2.38. The molecule has 8 nitrogen and oxygen atoms in total. The lowest BCUT2D eigenvalue weighted by Crippen LogP contribution is -2.28. The second-order valence-corrected chi connectivity index (χ2v) is 4.70. The molecular formula is C15H20N4O4. The number of aliphatic hydroxyl groups excluding tert-OH is 1. The van der Waals surface area contributed by atoms with Crippen molar-refractivity contribution in [3.05, 3.63) is 30.0 Å². The van der Waals surface area contributed by atoms with Crippen LogP contribution in [-0.2, 0) is 0 Å². The first-order chi connectivity index (χ1) is 11.1. The van der Waals surface area contributed by atoms with Crippen LogP contribution in [0.2, 0.25) is 0 Å². The molecule has 0 amide bonds. The van der Waals surface area contributed by atoms with E-state index in [4.69, 9.17) is 9.84 Å². The lowest BCUT2D eigenvalue weighted by Gasteiger charge is -2.18. The molecule has 0 saturated heterocycles. The van der Waals surface area contributed by atoms with Crippen LogP contribution in [0.5, 0.6) is 5.75 Å². The van der Waals surface area contributed by atoms with Gasteiger partial charge in [-0.1, -0.05) is 0 Å². The number of rotatable bonds is 8. The number of nitrogens with zero attached hydrogens (tertiary/aromatic N) is 4. The van der Waals surface area contributed by atoms with Crippen molar-refractivity contribution in [2.75, 3.05) is 31.2 Å². The summed E-state index contributed by atoms with van der Waals surface area (Å²) in [5, 5.41) is 26.7. The molecule has 0 aliphatic heterocycles.